The van der Waals surface area contributed by atoms with Crippen LogP contribution in [0.1, 0.15) is 12.5 Å². The number of anilines is 1. The highest BCUT2D eigenvalue weighted by atomic mass is 16.5. The van der Waals surface area contributed by atoms with Gasteiger partial charge in [-0.05, 0) is 43.3 Å². The van der Waals surface area contributed by atoms with Crippen molar-refractivity contribution in [2.45, 2.75) is 13.5 Å². The van der Waals surface area contributed by atoms with Crippen molar-refractivity contribution in [3.63, 3.8) is 0 Å². The normalized spacial score (nSPS) is 11.5. The van der Waals surface area contributed by atoms with E-state index >= 15 is 0 Å². The van der Waals surface area contributed by atoms with Gasteiger partial charge < -0.3 is 24.4 Å². The van der Waals surface area contributed by atoms with Crippen LogP contribution in [0.15, 0.2) is 42.5 Å². The zero-order valence-corrected chi connectivity index (χ0v) is 15.8. The Bertz CT molecular complexity index is 716. The molecule has 2 aromatic rings. The third-order valence-corrected chi connectivity index (χ3v) is 3.90. The lowest BCUT2D eigenvalue weighted by molar-refractivity contribution is -0.885. The van der Waals surface area contributed by atoms with Crippen molar-refractivity contribution < 1.29 is 23.9 Å². The standard InChI is InChI=1S/C20H26N2O4/c1-5-26-17-10-7-16(8-11-17)21-20(23)14-22(2)13-15-6-9-18(24-3)12-19(15)25-4/h6-12H,5,13-14H2,1-4H3,(H,21,23)/p+1. The zero-order chi connectivity index (χ0) is 18.9. The smallest absolute Gasteiger partial charge is 0.279 e. The third-order valence-electron chi connectivity index (χ3n) is 3.90. The average Bonchev–Trinajstić information content (AvgIpc) is 2.63. The number of likely N-dealkylation sites (N-methyl/N-ethyl adjacent to an activating group) is 1. The van der Waals surface area contributed by atoms with E-state index in [2.05, 4.69) is 5.32 Å². The number of quaternary nitrogens is 1. The molecule has 0 aliphatic heterocycles. The van der Waals surface area contributed by atoms with Gasteiger partial charge in [0.2, 0.25) is 0 Å². The van der Waals surface area contributed by atoms with Crippen LogP contribution in [0.5, 0.6) is 17.2 Å². The Kier molecular flexibility index (Phi) is 7.29. The largest absolute Gasteiger partial charge is 0.497 e. The number of amides is 1. The molecule has 0 aliphatic rings. The summed E-state index contributed by atoms with van der Waals surface area (Å²) in [6.07, 6.45) is 0. The van der Waals surface area contributed by atoms with Gasteiger partial charge in [0.1, 0.15) is 23.8 Å². The number of carbonyl (C=O) groups excluding carboxylic acids is 1. The van der Waals surface area contributed by atoms with Crippen LogP contribution in [0.4, 0.5) is 5.69 Å². The Labute approximate surface area is 154 Å². The molecule has 0 aliphatic carbocycles. The monoisotopic (exact) mass is 359 g/mol. The quantitative estimate of drug-likeness (QED) is 0.716. The minimum Gasteiger partial charge on any atom is -0.497 e. The minimum absolute atomic E-state index is 0.0425. The van der Waals surface area contributed by atoms with Crippen molar-refractivity contribution in [1.29, 1.82) is 0 Å². The first-order chi connectivity index (χ1) is 12.5. The van der Waals surface area contributed by atoms with Gasteiger partial charge in [-0.2, -0.15) is 0 Å². The van der Waals surface area contributed by atoms with Gasteiger partial charge in [-0.3, -0.25) is 4.79 Å². The summed E-state index contributed by atoms with van der Waals surface area (Å²) < 4.78 is 16.0. The molecule has 0 fully saturated rings. The average molecular weight is 359 g/mol. The Hall–Kier alpha value is -2.73. The van der Waals surface area contributed by atoms with Crippen molar-refractivity contribution in [2.24, 2.45) is 0 Å². The molecule has 0 radical (unpaired) electrons. The van der Waals surface area contributed by atoms with Crippen molar-refractivity contribution in [3.05, 3.63) is 48.0 Å². The maximum absolute atomic E-state index is 12.3. The second kappa shape index (κ2) is 9.68. The molecule has 0 bridgehead atoms. The fourth-order valence-corrected chi connectivity index (χ4v) is 2.67. The molecular formula is C20H27N2O4+. The van der Waals surface area contributed by atoms with E-state index in [0.717, 1.165) is 33.4 Å². The van der Waals surface area contributed by atoms with E-state index in [9.17, 15) is 4.79 Å². The molecule has 1 amide bonds. The number of benzene rings is 2. The van der Waals surface area contributed by atoms with Crippen LogP contribution in [0.2, 0.25) is 0 Å². The van der Waals surface area contributed by atoms with Gasteiger partial charge in [-0.1, -0.05) is 0 Å². The summed E-state index contributed by atoms with van der Waals surface area (Å²) in [5.74, 6) is 2.26. The summed E-state index contributed by atoms with van der Waals surface area (Å²) in [7, 11) is 5.23. The van der Waals surface area contributed by atoms with E-state index in [0.29, 0.717) is 19.7 Å². The molecule has 6 heteroatoms. The number of hydrogen-bond donors (Lipinski definition) is 2. The molecular weight excluding hydrogens is 332 g/mol. The van der Waals surface area contributed by atoms with Gasteiger partial charge in [0, 0.05) is 17.3 Å². The van der Waals surface area contributed by atoms with E-state index in [4.69, 9.17) is 14.2 Å². The Morgan fingerprint density at radius 3 is 2.35 bits per heavy atom. The van der Waals surface area contributed by atoms with E-state index in [-0.39, 0.29) is 5.91 Å². The SMILES string of the molecule is CCOc1ccc(NC(=O)C[NH+](C)Cc2ccc(OC)cc2OC)cc1. The van der Waals surface area contributed by atoms with Crippen LogP contribution in [-0.4, -0.2) is 40.3 Å². The molecule has 140 valence electrons. The lowest BCUT2D eigenvalue weighted by atomic mass is 10.2. The molecule has 0 aromatic heterocycles. The van der Waals surface area contributed by atoms with E-state index < -0.39 is 0 Å². The summed E-state index contributed by atoms with van der Waals surface area (Å²) >= 11 is 0. The second-order valence-corrected chi connectivity index (χ2v) is 5.99. The summed E-state index contributed by atoms with van der Waals surface area (Å²) in [6.45, 7) is 3.58. The van der Waals surface area contributed by atoms with Crippen LogP contribution >= 0.6 is 0 Å². The lowest BCUT2D eigenvalue weighted by Crippen LogP contribution is -3.08. The predicted octanol–water partition coefficient (Wildman–Crippen LogP) is 1.76. The lowest BCUT2D eigenvalue weighted by Gasteiger charge is -2.16. The number of methoxy groups -OCH3 is 2. The number of carbonyl (C=O) groups is 1. The van der Waals surface area contributed by atoms with Gasteiger partial charge in [-0.25, -0.2) is 0 Å². The minimum atomic E-state index is -0.0425. The Balaban J connectivity index is 1.90. The molecule has 0 spiro atoms. The number of hydrogen-bond acceptors (Lipinski definition) is 4. The summed E-state index contributed by atoms with van der Waals surface area (Å²) in [6, 6.07) is 13.1. The zero-order valence-electron chi connectivity index (χ0n) is 15.8. The van der Waals surface area contributed by atoms with Crippen molar-refractivity contribution in [3.8, 4) is 17.2 Å². The maximum atomic E-state index is 12.3. The van der Waals surface area contributed by atoms with Crippen LogP contribution in [-0.2, 0) is 11.3 Å². The van der Waals surface area contributed by atoms with Gasteiger partial charge in [-0.15, -0.1) is 0 Å². The highest BCUT2D eigenvalue weighted by molar-refractivity contribution is 5.91. The molecule has 0 saturated heterocycles. The van der Waals surface area contributed by atoms with Crippen LogP contribution in [0.25, 0.3) is 0 Å². The van der Waals surface area contributed by atoms with Crippen LogP contribution < -0.4 is 24.4 Å². The highest BCUT2D eigenvalue weighted by Gasteiger charge is 2.14. The van der Waals surface area contributed by atoms with Crippen molar-refractivity contribution in [2.75, 3.05) is 39.7 Å². The van der Waals surface area contributed by atoms with Crippen molar-refractivity contribution >= 4 is 11.6 Å². The van der Waals surface area contributed by atoms with Gasteiger partial charge >= 0.3 is 0 Å². The molecule has 1 atom stereocenters. The fourth-order valence-electron chi connectivity index (χ4n) is 2.67. The van der Waals surface area contributed by atoms with Gasteiger partial charge in [0.15, 0.2) is 6.54 Å². The topological polar surface area (TPSA) is 61.2 Å². The van der Waals surface area contributed by atoms with Crippen LogP contribution in [0, 0.1) is 0 Å². The summed E-state index contributed by atoms with van der Waals surface area (Å²) in [5.41, 5.74) is 1.79. The molecule has 6 nitrogen and oxygen atoms in total. The molecule has 2 aromatic carbocycles. The van der Waals surface area contributed by atoms with Crippen LogP contribution in [0.3, 0.4) is 0 Å². The fraction of sp³-hybridized carbons (Fsp3) is 0.350. The van der Waals surface area contributed by atoms with E-state index in [1.807, 2.05) is 56.4 Å². The molecule has 0 saturated carbocycles. The predicted molar refractivity (Wildman–Crippen MR) is 101 cm³/mol. The van der Waals surface area contributed by atoms with Crippen molar-refractivity contribution in [1.82, 2.24) is 0 Å². The summed E-state index contributed by atoms with van der Waals surface area (Å²) in [5, 5.41) is 2.91. The highest BCUT2D eigenvalue weighted by Crippen LogP contribution is 2.23. The van der Waals surface area contributed by atoms with Gasteiger partial charge in [0.05, 0.1) is 27.9 Å². The number of ether oxygens (including phenoxy) is 3. The Morgan fingerprint density at radius 2 is 1.73 bits per heavy atom. The second-order valence-electron chi connectivity index (χ2n) is 5.99. The van der Waals surface area contributed by atoms with E-state index in [1.54, 1.807) is 14.2 Å². The first-order valence-electron chi connectivity index (χ1n) is 8.60. The first-order valence-corrected chi connectivity index (χ1v) is 8.60. The summed E-state index contributed by atoms with van der Waals surface area (Å²) in [4.78, 5) is 13.3. The third kappa shape index (κ3) is 5.67. The van der Waals surface area contributed by atoms with E-state index in [1.165, 1.54) is 0 Å². The molecule has 1 unspecified atom stereocenters. The van der Waals surface area contributed by atoms with Gasteiger partial charge in [0.25, 0.3) is 5.91 Å². The molecule has 2 rings (SSSR count). The molecule has 0 heterocycles. The number of rotatable bonds is 9. The number of nitrogens with one attached hydrogen (secondary N) is 2. The molecule has 26 heavy (non-hydrogen) atoms. The molecule has 2 N–H and O–H groups in total. The first kappa shape index (κ1) is 19.6. The maximum Gasteiger partial charge on any atom is 0.279 e. The Morgan fingerprint density at radius 1 is 1.04 bits per heavy atom.